The molecule has 1 aromatic carbocycles. The molecule has 7 heteroatoms. The van der Waals surface area contributed by atoms with Crippen LogP contribution in [0, 0.1) is 0 Å². The molecule has 0 aliphatic rings. The normalized spacial score (nSPS) is 14.6. The summed E-state index contributed by atoms with van der Waals surface area (Å²) in [7, 11) is 0. The van der Waals surface area contributed by atoms with Crippen LogP contribution in [0.5, 0.6) is 0 Å². The highest BCUT2D eigenvalue weighted by molar-refractivity contribution is 5.91. The van der Waals surface area contributed by atoms with Crippen molar-refractivity contribution in [2.45, 2.75) is 32.0 Å². The summed E-state index contributed by atoms with van der Waals surface area (Å²) < 4.78 is 0. The number of rotatable bonds is 6. The van der Waals surface area contributed by atoms with Gasteiger partial charge in [-0.25, -0.2) is 4.79 Å². The van der Waals surface area contributed by atoms with Crippen molar-refractivity contribution >= 4 is 17.8 Å². The molecule has 1 aromatic rings. The maximum atomic E-state index is 12.0. The lowest BCUT2D eigenvalue weighted by atomic mass is 10.1. The van der Waals surface area contributed by atoms with Crippen LogP contribution >= 0.6 is 0 Å². The van der Waals surface area contributed by atoms with E-state index >= 15 is 0 Å². The first kappa shape index (κ1) is 16.6. The van der Waals surface area contributed by atoms with Crippen molar-refractivity contribution in [2.75, 3.05) is 0 Å². The molecule has 0 heterocycles. The van der Waals surface area contributed by atoms with Crippen LogP contribution in [-0.4, -0.2) is 35.0 Å². The van der Waals surface area contributed by atoms with Crippen molar-refractivity contribution in [3.8, 4) is 0 Å². The number of hydrogen-bond acceptors (Lipinski definition) is 4. The van der Waals surface area contributed by atoms with Crippen LogP contribution in [0.4, 0.5) is 0 Å². The van der Waals surface area contributed by atoms with Gasteiger partial charge in [-0.15, -0.1) is 0 Å². The van der Waals surface area contributed by atoms with E-state index in [9.17, 15) is 19.5 Å². The van der Waals surface area contributed by atoms with Crippen LogP contribution in [0.25, 0.3) is 0 Å². The van der Waals surface area contributed by atoms with Gasteiger partial charge >= 0.3 is 5.97 Å². The van der Waals surface area contributed by atoms with Gasteiger partial charge in [-0.1, -0.05) is 30.3 Å². The SMILES string of the molecule is C[C@H](N)C(=O)N[C@H](C)C(=O)N[C@H](C(=O)O)c1ccccc1. The number of aliphatic carboxylic acids is 1. The second-order valence-corrected chi connectivity index (χ2v) is 4.71. The molecular weight excluding hydrogens is 274 g/mol. The zero-order valence-corrected chi connectivity index (χ0v) is 11.9. The Labute approximate surface area is 122 Å². The van der Waals surface area contributed by atoms with Crippen LogP contribution in [0.3, 0.4) is 0 Å². The summed E-state index contributed by atoms with van der Waals surface area (Å²) in [5.41, 5.74) is 5.84. The molecule has 0 aliphatic carbocycles. The number of nitrogens with two attached hydrogens (primary N) is 1. The van der Waals surface area contributed by atoms with Crippen molar-refractivity contribution in [3.05, 3.63) is 35.9 Å². The molecule has 0 aliphatic heterocycles. The van der Waals surface area contributed by atoms with Crippen molar-refractivity contribution in [3.63, 3.8) is 0 Å². The Morgan fingerprint density at radius 3 is 2.10 bits per heavy atom. The molecule has 0 fully saturated rings. The van der Waals surface area contributed by atoms with Crippen LogP contribution in [-0.2, 0) is 14.4 Å². The Balaban J connectivity index is 2.74. The number of carbonyl (C=O) groups is 3. The fourth-order valence-electron chi connectivity index (χ4n) is 1.61. The smallest absolute Gasteiger partial charge is 0.330 e. The molecule has 2 amide bonds. The van der Waals surface area contributed by atoms with E-state index in [0.29, 0.717) is 5.56 Å². The number of carbonyl (C=O) groups excluding carboxylic acids is 2. The maximum absolute atomic E-state index is 12.0. The lowest BCUT2D eigenvalue weighted by Gasteiger charge is -2.19. The third-order valence-corrected chi connectivity index (χ3v) is 2.83. The minimum atomic E-state index is -1.18. The molecule has 3 atom stereocenters. The van der Waals surface area contributed by atoms with Gasteiger partial charge in [0.05, 0.1) is 6.04 Å². The summed E-state index contributed by atoms with van der Waals surface area (Å²) in [5, 5.41) is 14.0. The molecule has 21 heavy (non-hydrogen) atoms. The van der Waals surface area contributed by atoms with Crippen LogP contribution < -0.4 is 16.4 Å². The van der Waals surface area contributed by atoms with Gasteiger partial charge in [0.2, 0.25) is 11.8 Å². The van der Waals surface area contributed by atoms with E-state index in [2.05, 4.69) is 10.6 Å². The van der Waals surface area contributed by atoms with E-state index in [4.69, 9.17) is 5.73 Å². The molecule has 0 saturated heterocycles. The lowest BCUT2D eigenvalue weighted by molar-refractivity contribution is -0.142. The monoisotopic (exact) mass is 293 g/mol. The van der Waals surface area contributed by atoms with Gasteiger partial charge in [-0.05, 0) is 19.4 Å². The zero-order chi connectivity index (χ0) is 16.0. The highest BCUT2D eigenvalue weighted by atomic mass is 16.4. The molecule has 114 valence electrons. The molecule has 5 N–H and O–H groups in total. The number of nitrogens with one attached hydrogen (secondary N) is 2. The summed E-state index contributed by atoms with van der Waals surface area (Å²) in [6.07, 6.45) is 0. The largest absolute Gasteiger partial charge is 0.479 e. The molecule has 0 bridgehead atoms. The first-order valence-electron chi connectivity index (χ1n) is 6.47. The summed E-state index contributed by atoms with van der Waals surface area (Å²) >= 11 is 0. The average Bonchev–Trinajstić information content (AvgIpc) is 2.44. The minimum Gasteiger partial charge on any atom is -0.479 e. The maximum Gasteiger partial charge on any atom is 0.330 e. The molecule has 0 spiro atoms. The van der Waals surface area contributed by atoms with E-state index in [0.717, 1.165) is 0 Å². The van der Waals surface area contributed by atoms with Crippen molar-refractivity contribution < 1.29 is 19.5 Å². The number of carboxylic acids is 1. The predicted molar refractivity (Wildman–Crippen MR) is 76.2 cm³/mol. The number of carboxylic acid groups (broad SMARTS) is 1. The van der Waals surface area contributed by atoms with Crippen molar-refractivity contribution in [2.24, 2.45) is 5.73 Å². The topological polar surface area (TPSA) is 122 Å². The second-order valence-electron chi connectivity index (χ2n) is 4.71. The van der Waals surface area contributed by atoms with Gasteiger partial charge < -0.3 is 21.5 Å². The highest BCUT2D eigenvalue weighted by Gasteiger charge is 2.25. The van der Waals surface area contributed by atoms with E-state index in [-0.39, 0.29) is 0 Å². The minimum absolute atomic E-state index is 0.448. The van der Waals surface area contributed by atoms with E-state index < -0.39 is 35.9 Å². The molecule has 0 radical (unpaired) electrons. The molecule has 0 saturated carbocycles. The fraction of sp³-hybridized carbons (Fsp3) is 0.357. The van der Waals surface area contributed by atoms with Crippen molar-refractivity contribution in [1.82, 2.24) is 10.6 Å². The van der Waals surface area contributed by atoms with Gasteiger partial charge in [0, 0.05) is 0 Å². The van der Waals surface area contributed by atoms with Gasteiger partial charge in [-0.3, -0.25) is 9.59 Å². The zero-order valence-electron chi connectivity index (χ0n) is 11.9. The van der Waals surface area contributed by atoms with Crippen LogP contribution in [0.2, 0.25) is 0 Å². The third-order valence-electron chi connectivity index (χ3n) is 2.83. The summed E-state index contributed by atoms with van der Waals surface area (Å²) in [5.74, 6) is -2.26. The first-order chi connectivity index (χ1) is 9.82. The molecule has 7 nitrogen and oxygen atoms in total. The van der Waals surface area contributed by atoms with Crippen LogP contribution in [0.15, 0.2) is 30.3 Å². The summed E-state index contributed by atoms with van der Waals surface area (Å²) in [6.45, 7) is 2.95. The Morgan fingerprint density at radius 1 is 1.05 bits per heavy atom. The predicted octanol–water partition coefficient (Wildman–Crippen LogP) is -0.220. The Morgan fingerprint density at radius 2 is 1.62 bits per heavy atom. The highest BCUT2D eigenvalue weighted by Crippen LogP contribution is 2.12. The Hall–Kier alpha value is -2.41. The summed E-state index contributed by atoms with van der Waals surface area (Å²) in [6, 6.07) is 5.51. The van der Waals surface area contributed by atoms with Crippen molar-refractivity contribution in [1.29, 1.82) is 0 Å². The second kappa shape index (κ2) is 7.39. The van der Waals surface area contributed by atoms with E-state index in [1.54, 1.807) is 30.3 Å². The van der Waals surface area contributed by atoms with E-state index in [1.807, 2.05) is 0 Å². The first-order valence-corrected chi connectivity index (χ1v) is 6.47. The number of amides is 2. The molecule has 0 aromatic heterocycles. The van der Waals surface area contributed by atoms with Gasteiger partial charge in [0.15, 0.2) is 6.04 Å². The van der Waals surface area contributed by atoms with Gasteiger partial charge in [-0.2, -0.15) is 0 Å². The molecule has 0 unspecified atom stereocenters. The van der Waals surface area contributed by atoms with Gasteiger partial charge in [0.25, 0.3) is 0 Å². The lowest BCUT2D eigenvalue weighted by Crippen LogP contribution is -2.50. The fourth-order valence-corrected chi connectivity index (χ4v) is 1.61. The molecular formula is C14H19N3O4. The standard InChI is InChI=1S/C14H19N3O4/c1-8(15)12(18)16-9(2)13(19)17-11(14(20)21)10-6-4-3-5-7-10/h3-9,11H,15H2,1-2H3,(H,16,18)(H,17,19)(H,20,21)/t8-,9+,11-/m0/s1. The van der Waals surface area contributed by atoms with E-state index in [1.165, 1.54) is 13.8 Å². The Bertz CT molecular complexity index is 516. The molecule has 1 rings (SSSR count). The quantitative estimate of drug-likeness (QED) is 0.577. The average molecular weight is 293 g/mol. The Kier molecular flexibility index (Phi) is 5.86. The van der Waals surface area contributed by atoms with Gasteiger partial charge in [0.1, 0.15) is 6.04 Å². The number of benzene rings is 1. The number of hydrogen-bond donors (Lipinski definition) is 4. The third kappa shape index (κ3) is 4.88. The summed E-state index contributed by atoms with van der Waals surface area (Å²) in [4.78, 5) is 34.6. The van der Waals surface area contributed by atoms with Crippen LogP contribution in [0.1, 0.15) is 25.5 Å².